The molecule has 1 fully saturated rings. The highest BCUT2D eigenvalue weighted by Gasteiger charge is 2.32. The Hall–Kier alpha value is -5.34. The van der Waals surface area contributed by atoms with Gasteiger partial charge in [-0.3, -0.25) is 16.0 Å². The van der Waals surface area contributed by atoms with Crippen molar-refractivity contribution in [3.8, 4) is 11.1 Å². The molecular weight excluding hydrogens is 663 g/mol. The Morgan fingerprint density at radius 2 is 1.02 bits per heavy atom. The van der Waals surface area contributed by atoms with Crippen LogP contribution >= 0.6 is 22.7 Å². The van der Waals surface area contributed by atoms with E-state index in [1.54, 1.807) is 0 Å². The molecule has 4 nitrogen and oxygen atoms in total. The molecule has 1 aliphatic heterocycles. The molecule has 11 rings (SSSR count). The van der Waals surface area contributed by atoms with Crippen molar-refractivity contribution in [3.05, 3.63) is 168 Å². The molecule has 6 heteroatoms. The van der Waals surface area contributed by atoms with E-state index >= 15 is 0 Å². The number of rotatable bonds is 4. The number of para-hydroxylation sites is 2. The lowest BCUT2D eigenvalue weighted by molar-refractivity contribution is 0.205. The first-order valence-corrected chi connectivity index (χ1v) is 19.0. The van der Waals surface area contributed by atoms with E-state index < -0.39 is 0 Å². The van der Waals surface area contributed by atoms with Crippen LogP contribution in [0.15, 0.2) is 156 Å². The molecule has 0 spiro atoms. The summed E-state index contributed by atoms with van der Waals surface area (Å²) in [6, 6.07) is 54.5. The minimum Gasteiger partial charge on any atom is -0.455 e. The van der Waals surface area contributed by atoms with E-state index in [0.29, 0.717) is 0 Å². The van der Waals surface area contributed by atoms with Gasteiger partial charge in [0.15, 0.2) is 0 Å². The molecule has 3 atom stereocenters. The average Bonchev–Trinajstić information content (AvgIpc) is 3.89. The largest absolute Gasteiger partial charge is 0.455 e. The molecule has 4 heterocycles. The molecule has 1 aliphatic rings. The quantitative estimate of drug-likeness (QED) is 0.172. The van der Waals surface area contributed by atoms with Crippen molar-refractivity contribution in [3.63, 3.8) is 0 Å². The highest BCUT2D eigenvalue weighted by atomic mass is 32.1. The minimum absolute atomic E-state index is 0.0616. The number of nitrogens with one attached hydrogen (secondary N) is 3. The van der Waals surface area contributed by atoms with Crippen LogP contribution in [0.4, 0.5) is 0 Å². The number of fused-ring (bicyclic) bond motifs is 9. The summed E-state index contributed by atoms with van der Waals surface area (Å²) in [5, 5.41) is 19.4. The van der Waals surface area contributed by atoms with Crippen LogP contribution in [0.3, 0.4) is 0 Å². The van der Waals surface area contributed by atoms with Gasteiger partial charge in [0.1, 0.15) is 11.2 Å². The molecule has 0 bridgehead atoms. The van der Waals surface area contributed by atoms with Gasteiger partial charge in [-0.25, -0.2) is 0 Å². The second kappa shape index (κ2) is 11.6. The molecule has 3 aromatic heterocycles. The van der Waals surface area contributed by atoms with Crippen LogP contribution in [0.2, 0.25) is 0 Å². The predicted octanol–water partition coefficient (Wildman–Crippen LogP) is 12.2. The maximum absolute atomic E-state index is 6.52. The highest BCUT2D eigenvalue weighted by molar-refractivity contribution is 7.26. The summed E-state index contributed by atoms with van der Waals surface area (Å²) < 4.78 is 11.7. The van der Waals surface area contributed by atoms with Gasteiger partial charge in [0.05, 0.1) is 18.5 Å². The van der Waals surface area contributed by atoms with E-state index in [9.17, 15) is 0 Å². The van der Waals surface area contributed by atoms with Gasteiger partial charge < -0.3 is 4.42 Å². The van der Waals surface area contributed by atoms with Crippen molar-refractivity contribution in [2.75, 3.05) is 0 Å². The van der Waals surface area contributed by atoms with Gasteiger partial charge >= 0.3 is 0 Å². The van der Waals surface area contributed by atoms with Crippen LogP contribution in [0.5, 0.6) is 0 Å². The van der Waals surface area contributed by atoms with E-state index in [-0.39, 0.29) is 18.5 Å². The van der Waals surface area contributed by atoms with Crippen molar-refractivity contribution in [2.24, 2.45) is 0 Å². The number of hydrogen-bond acceptors (Lipinski definition) is 6. The van der Waals surface area contributed by atoms with Gasteiger partial charge in [-0.1, -0.05) is 133 Å². The van der Waals surface area contributed by atoms with Gasteiger partial charge in [0, 0.05) is 67.8 Å². The number of benzene rings is 7. The Balaban J connectivity index is 1.08. The SMILES string of the molecule is c1ccc(C2NC(c3cccc4c3sc3c(-c5cccc6c5oc5ccccc56)cccc34)NC(c3cccc4sc5ccccc5c34)N2)cc1. The second-order valence-corrected chi connectivity index (χ2v) is 15.4. The molecule has 0 aliphatic carbocycles. The maximum Gasteiger partial charge on any atom is 0.143 e. The molecule has 3 unspecified atom stereocenters. The standard InChI is InChI=1S/C45H31N3OS2/c1-2-12-26(13-3-1)43-46-44(34-21-11-25-38-39(34)33-15-5-7-24-37(33)50-38)48-45(47-43)35-22-10-20-32-31-19-9-18-30(41(31)51-42(32)35)29-17-8-16-28-27-14-4-6-23-36(27)49-40(28)29/h1-25,43-48H. The molecule has 0 radical (unpaired) electrons. The van der Waals surface area contributed by atoms with E-state index in [1.807, 2.05) is 28.7 Å². The average molecular weight is 694 g/mol. The summed E-state index contributed by atoms with van der Waals surface area (Å²) in [6.45, 7) is 0. The first-order valence-electron chi connectivity index (χ1n) is 17.4. The van der Waals surface area contributed by atoms with Crippen LogP contribution < -0.4 is 16.0 Å². The number of hydrogen-bond donors (Lipinski definition) is 3. The molecule has 3 N–H and O–H groups in total. The summed E-state index contributed by atoms with van der Waals surface area (Å²) in [5.74, 6) is 0. The number of furan rings is 1. The van der Waals surface area contributed by atoms with E-state index in [1.165, 1.54) is 62.6 Å². The summed E-state index contributed by atoms with van der Waals surface area (Å²) in [5.41, 5.74) is 7.91. The first-order chi connectivity index (χ1) is 25.3. The fourth-order valence-electron chi connectivity index (χ4n) is 8.12. The zero-order valence-electron chi connectivity index (χ0n) is 27.4. The normalized spacial score (nSPS) is 18.2. The van der Waals surface area contributed by atoms with Crippen LogP contribution in [-0.4, -0.2) is 0 Å². The monoisotopic (exact) mass is 693 g/mol. The summed E-state index contributed by atoms with van der Waals surface area (Å²) in [6.07, 6.45) is -0.261. The molecule has 51 heavy (non-hydrogen) atoms. The molecule has 0 saturated carbocycles. The van der Waals surface area contributed by atoms with E-state index in [2.05, 4.69) is 162 Å². The first kappa shape index (κ1) is 29.4. The van der Waals surface area contributed by atoms with Gasteiger partial charge in [-0.05, 0) is 29.3 Å². The van der Waals surface area contributed by atoms with Gasteiger partial charge in [0.2, 0.25) is 0 Å². The van der Waals surface area contributed by atoms with Crippen molar-refractivity contribution >= 4 is 85.0 Å². The van der Waals surface area contributed by atoms with E-state index in [0.717, 1.165) is 27.5 Å². The predicted molar refractivity (Wildman–Crippen MR) is 215 cm³/mol. The molecule has 10 aromatic rings. The molecular formula is C45H31N3OS2. The van der Waals surface area contributed by atoms with Crippen molar-refractivity contribution in [2.45, 2.75) is 18.5 Å². The van der Waals surface area contributed by atoms with Gasteiger partial charge in [-0.2, -0.15) is 0 Å². The van der Waals surface area contributed by atoms with Crippen LogP contribution in [0, 0.1) is 0 Å². The Labute approximate surface area is 302 Å². The molecule has 244 valence electrons. The fraction of sp³-hybridized carbons (Fsp3) is 0.0667. The van der Waals surface area contributed by atoms with Crippen LogP contribution in [0.1, 0.15) is 35.2 Å². The second-order valence-electron chi connectivity index (χ2n) is 13.3. The molecule has 1 saturated heterocycles. The third-order valence-electron chi connectivity index (χ3n) is 10.4. The smallest absolute Gasteiger partial charge is 0.143 e. The lowest BCUT2D eigenvalue weighted by Gasteiger charge is -2.40. The third-order valence-corrected chi connectivity index (χ3v) is 12.9. The van der Waals surface area contributed by atoms with Gasteiger partial charge in [-0.15, -0.1) is 22.7 Å². The van der Waals surface area contributed by atoms with Crippen molar-refractivity contribution in [1.82, 2.24) is 16.0 Å². The summed E-state index contributed by atoms with van der Waals surface area (Å²) >= 11 is 3.74. The molecule has 0 amide bonds. The lowest BCUT2D eigenvalue weighted by Crippen LogP contribution is -2.54. The summed E-state index contributed by atoms with van der Waals surface area (Å²) in [7, 11) is 0. The van der Waals surface area contributed by atoms with Crippen molar-refractivity contribution in [1.29, 1.82) is 0 Å². The maximum atomic E-state index is 6.52. The Morgan fingerprint density at radius 3 is 1.90 bits per heavy atom. The zero-order valence-corrected chi connectivity index (χ0v) is 29.0. The number of thiophene rings is 2. The third kappa shape index (κ3) is 4.62. The highest BCUT2D eigenvalue weighted by Crippen LogP contribution is 2.46. The molecule has 7 aromatic carbocycles. The van der Waals surface area contributed by atoms with Gasteiger partial charge in [0.25, 0.3) is 0 Å². The lowest BCUT2D eigenvalue weighted by atomic mass is 9.98. The topological polar surface area (TPSA) is 49.2 Å². The minimum atomic E-state index is -0.111. The fourth-order valence-corrected chi connectivity index (χ4v) is 10.6. The zero-order chi connectivity index (χ0) is 33.5. The Kier molecular flexibility index (Phi) is 6.69. The van der Waals surface area contributed by atoms with Crippen LogP contribution in [-0.2, 0) is 0 Å². The Bertz CT molecular complexity index is 2940. The van der Waals surface area contributed by atoms with Crippen LogP contribution in [0.25, 0.3) is 73.4 Å². The summed E-state index contributed by atoms with van der Waals surface area (Å²) in [4.78, 5) is 0. The van der Waals surface area contributed by atoms with E-state index in [4.69, 9.17) is 4.42 Å². The Morgan fingerprint density at radius 1 is 0.412 bits per heavy atom. The van der Waals surface area contributed by atoms with Crippen molar-refractivity contribution < 1.29 is 4.42 Å².